The fourth-order valence-electron chi connectivity index (χ4n) is 6.12. The van der Waals surface area contributed by atoms with Crippen molar-refractivity contribution in [2.75, 3.05) is 39.4 Å². The fraction of sp³-hybridized carbons (Fsp3) is 0.567. The summed E-state index contributed by atoms with van der Waals surface area (Å²) < 4.78 is 12.1. The van der Waals surface area contributed by atoms with Gasteiger partial charge in [-0.15, -0.1) is 0 Å². The number of β-amino-alcohol motifs (C(OH)–C–C–N with tert-alkyl or cyclic N) is 1. The minimum absolute atomic E-state index is 0.0205. The van der Waals surface area contributed by atoms with Crippen LogP contribution >= 0.6 is 0 Å². The topological polar surface area (TPSA) is 65.5 Å². The molecule has 200 valence electrons. The number of nitrogens with zero attached hydrogens (tertiary/aromatic N) is 3. The molecule has 3 aliphatic heterocycles. The summed E-state index contributed by atoms with van der Waals surface area (Å²) in [5.74, 6) is 0.779. The van der Waals surface area contributed by atoms with Crippen LogP contribution in [0.15, 0.2) is 42.5 Å². The summed E-state index contributed by atoms with van der Waals surface area (Å²) in [5.41, 5.74) is 4.03. The molecular formula is C30H41N3O4. The molecule has 1 amide bonds. The van der Waals surface area contributed by atoms with Crippen molar-refractivity contribution in [3.05, 3.63) is 64.7 Å². The Morgan fingerprint density at radius 2 is 1.68 bits per heavy atom. The van der Waals surface area contributed by atoms with Crippen LogP contribution in [0.2, 0.25) is 0 Å². The molecule has 3 atom stereocenters. The molecule has 0 aromatic heterocycles. The Morgan fingerprint density at radius 1 is 1.00 bits per heavy atom. The molecule has 1 N–H and O–H groups in total. The van der Waals surface area contributed by atoms with Crippen molar-refractivity contribution >= 4 is 5.91 Å². The van der Waals surface area contributed by atoms with E-state index < -0.39 is 11.7 Å². The summed E-state index contributed by atoms with van der Waals surface area (Å²) in [7, 11) is 0. The molecule has 37 heavy (non-hydrogen) atoms. The molecule has 1 saturated heterocycles. The lowest BCUT2D eigenvalue weighted by atomic mass is 9.99. The van der Waals surface area contributed by atoms with Gasteiger partial charge in [0, 0.05) is 50.4 Å². The maximum Gasteiger partial charge on any atom is 0.254 e. The number of hydrogen-bond acceptors (Lipinski definition) is 6. The molecule has 2 unspecified atom stereocenters. The number of morpholine rings is 1. The zero-order chi connectivity index (χ0) is 26.2. The highest BCUT2D eigenvalue weighted by molar-refractivity contribution is 5.95. The van der Waals surface area contributed by atoms with Crippen molar-refractivity contribution in [1.82, 2.24) is 14.7 Å². The number of benzene rings is 2. The van der Waals surface area contributed by atoms with Gasteiger partial charge in [0.1, 0.15) is 11.4 Å². The van der Waals surface area contributed by atoms with Crippen LogP contribution in [0.4, 0.5) is 0 Å². The van der Waals surface area contributed by atoms with Crippen LogP contribution in [0.1, 0.15) is 54.7 Å². The molecule has 5 rings (SSSR count). The van der Waals surface area contributed by atoms with E-state index in [0.29, 0.717) is 45.0 Å². The standard InChI is InChI=1S/C30H41N3O4/c1-21-18-36-19-22(2)33(21)29(35)24-9-10-26-15-32(20-30(3,4)37-28(26)13-24)17-27(34)16-31-12-11-23-7-5-6-8-25(23)14-31/h5-10,13,21-22,27,34H,11-12,14-20H2,1-4H3/t21?,22?,27-/m1/s1. The molecule has 0 saturated carbocycles. The molecule has 7 heteroatoms. The van der Waals surface area contributed by atoms with Crippen molar-refractivity contribution < 1.29 is 19.4 Å². The number of aliphatic hydroxyl groups is 1. The van der Waals surface area contributed by atoms with Crippen LogP contribution in [0, 0.1) is 0 Å². The Labute approximate surface area is 221 Å². The number of fused-ring (bicyclic) bond motifs is 2. The van der Waals surface area contributed by atoms with Crippen LogP contribution in [0.5, 0.6) is 5.75 Å². The van der Waals surface area contributed by atoms with E-state index in [2.05, 4.69) is 47.9 Å². The summed E-state index contributed by atoms with van der Waals surface area (Å²) in [5, 5.41) is 11.0. The van der Waals surface area contributed by atoms with Gasteiger partial charge >= 0.3 is 0 Å². The van der Waals surface area contributed by atoms with Gasteiger partial charge in [0.2, 0.25) is 0 Å². The van der Waals surface area contributed by atoms with E-state index in [4.69, 9.17) is 9.47 Å². The number of hydrogen-bond donors (Lipinski definition) is 1. The summed E-state index contributed by atoms with van der Waals surface area (Å²) in [4.78, 5) is 20.0. The molecule has 1 fully saturated rings. The molecule has 0 spiro atoms. The number of carbonyl (C=O) groups is 1. The number of carbonyl (C=O) groups excluding carboxylic acids is 1. The lowest BCUT2D eigenvalue weighted by molar-refractivity contribution is -0.0249. The van der Waals surface area contributed by atoms with E-state index in [-0.39, 0.29) is 18.0 Å². The third-order valence-electron chi connectivity index (χ3n) is 7.75. The lowest BCUT2D eigenvalue weighted by Gasteiger charge is -2.39. The Kier molecular flexibility index (Phi) is 7.59. The molecule has 3 heterocycles. The van der Waals surface area contributed by atoms with Crippen molar-refractivity contribution in [1.29, 1.82) is 0 Å². The second-order valence-corrected chi connectivity index (χ2v) is 11.7. The summed E-state index contributed by atoms with van der Waals surface area (Å²) in [6.07, 6.45) is 0.581. The highest BCUT2D eigenvalue weighted by atomic mass is 16.5. The maximum absolute atomic E-state index is 13.4. The molecule has 3 aliphatic rings. The largest absolute Gasteiger partial charge is 0.486 e. The SMILES string of the molecule is CC1COCC(C)N1C(=O)c1ccc2c(c1)OC(C)(C)CN(C[C@H](O)CN1CCc3ccccc3C1)C2. The maximum atomic E-state index is 13.4. The van der Waals surface area contributed by atoms with Gasteiger partial charge in [0.15, 0.2) is 0 Å². The van der Waals surface area contributed by atoms with E-state index in [1.54, 1.807) is 0 Å². The van der Waals surface area contributed by atoms with Crippen LogP contribution in [-0.2, 0) is 24.2 Å². The van der Waals surface area contributed by atoms with Crippen molar-refractivity contribution in [2.24, 2.45) is 0 Å². The first-order valence-electron chi connectivity index (χ1n) is 13.6. The molecule has 0 aliphatic carbocycles. The zero-order valence-electron chi connectivity index (χ0n) is 22.7. The van der Waals surface area contributed by atoms with Gasteiger partial charge in [0.05, 0.1) is 31.4 Å². The smallest absolute Gasteiger partial charge is 0.254 e. The molecule has 2 aromatic rings. The van der Waals surface area contributed by atoms with Crippen molar-refractivity contribution in [3.8, 4) is 5.75 Å². The normalized spacial score (nSPS) is 24.9. The number of aliphatic hydroxyl groups excluding tert-OH is 1. The van der Waals surface area contributed by atoms with Crippen LogP contribution in [0.3, 0.4) is 0 Å². The number of rotatable bonds is 5. The van der Waals surface area contributed by atoms with Gasteiger partial charge in [-0.1, -0.05) is 30.3 Å². The summed E-state index contributed by atoms with van der Waals surface area (Å²) in [6.45, 7) is 13.8. The summed E-state index contributed by atoms with van der Waals surface area (Å²) in [6, 6.07) is 14.5. The van der Waals surface area contributed by atoms with E-state index >= 15 is 0 Å². The molecule has 0 bridgehead atoms. The number of amides is 1. The summed E-state index contributed by atoms with van der Waals surface area (Å²) >= 11 is 0. The predicted octanol–water partition coefficient (Wildman–Crippen LogP) is 3.33. The Morgan fingerprint density at radius 3 is 2.43 bits per heavy atom. The van der Waals surface area contributed by atoms with Crippen LogP contribution in [0.25, 0.3) is 0 Å². The van der Waals surface area contributed by atoms with Gasteiger partial charge in [-0.3, -0.25) is 14.6 Å². The van der Waals surface area contributed by atoms with Crippen molar-refractivity contribution in [3.63, 3.8) is 0 Å². The second-order valence-electron chi connectivity index (χ2n) is 11.7. The highest BCUT2D eigenvalue weighted by Crippen LogP contribution is 2.32. The zero-order valence-corrected chi connectivity index (χ0v) is 22.7. The Bertz CT molecular complexity index is 1110. The van der Waals surface area contributed by atoms with E-state index in [0.717, 1.165) is 30.8 Å². The first-order chi connectivity index (χ1) is 17.7. The van der Waals surface area contributed by atoms with E-state index in [9.17, 15) is 9.90 Å². The number of ether oxygens (including phenoxy) is 2. The molecule has 7 nitrogen and oxygen atoms in total. The van der Waals surface area contributed by atoms with Gasteiger partial charge in [0.25, 0.3) is 5.91 Å². The average molecular weight is 508 g/mol. The third-order valence-corrected chi connectivity index (χ3v) is 7.75. The Hall–Kier alpha value is -2.45. The Balaban J connectivity index is 1.26. The third kappa shape index (κ3) is 6.01. The minimum Gasteiger partial charge on any atom is -0.486 e. The van der Waals surface area contributed by atoms with Crippen molar-refractivity contribution in [2.45, 2.75) is 71.0 Å². The molecule has 2 aromatic carbocycles. The molecular weight excluding hydrogens is 466 g/mol. The fourth-order valence-corrected chi connectivity index (χ4v) is 6.12. The second kappa shape index (κ2) is 10.7. The lowest BCUT2D eigenvalue weighted by Crippen LogP contribution is -2.52. The van der Waals surface area contributed by atoms with Gasteiger partial charge in [-0.2, -0.15) is 0 Å². The highest BCUT2D eigenvalue weighted by Gasteiger charge is 2.33. The minimum atomic E-state index is -0.451. The van der Waals surface area contributed by atoms with Crippen LogP contribution < -0.4 is 4.74 Å². The molecule has 0 radical (unpaired) electrons. The first kappa shape index (κ1) is 26.2. The predicted molar refractivity (Wildman–Crippen MR) is 144 cm³/mol. The first-order valence-corrected chi connectivity index (χ1v) is 13.6. The van der Waals surface area contributed by atoms with Gasteiger partial charge in [-0.05, 0) is 57.4 Å². The quantitative estimate of drug-likeness (QED) is 0.670. The van der Waals surface area contributed by atoms with Gasteiger partial charge in [-0.25, -0.2) is 0 Å². The van der Waals surface area contributed by atoms with E-state index in [1.165, 1.54) is 11.1 Å². The van der Waals surface area contributed by atoms with Crippen LogP contribution in [-0.4, -0.2) is 88.9 Å². The average Bonchev–Trinajstić information content (AvgIpc) is 2.96. The van der Waals surface area contributed by atoms with Gasteiger partial charge < -0.3 is 19.5 Å². The monoisotopic (exact) mass is 507 g/mol. The van der Waals surface area contributed by atoms with E-state index in [1.807, 2.05) is 36.9 Å².